The maximum atomic E-state index is 13.6. The Hall–Kier alpha value is -0.710. The van der Waals surface area contributed by atoms with E-state index in [1.165, 1.54) is 11.6 Å². The minimum Gasteiger partial charge on any atom is -0.383 e. The van der Waals surface area contributed by atoms with E-state index in [0.29, 0.717) is 6.42 Å². The second-order valence-corrected chi connectivity index (χ2v) is 5.41. The predicted octanol–water partition coefficient (Wildman–Crippen LogP) is 3.70. The molecule has 0 aromatic heterocycles. The number of nitrogens with one attached hydrogen (secondary N) is 1. The molecule has 0 aliphatic carbocycles. The van der Waals surface area contributed by atoms with Crippen LogP contribution in [0.1, 0.15) is 18.9 Å². The molecule has 106 valence electrons. The Balaban J connectivity index is 2.37. The first-order chi connectivity index (χ1) is 9.13. The molecule has 1 aromatic rings. The Morgan fingerprint density at radius 3 is 2.95 bits per heavy atom. The van der Waals surface area contributed by atoms with Crippen LogP contribution in [0.4, 0.5) is 4.39 Å². The molecule has 19 heavy (non-hydrogen) atoms. The van der Waals surface area contributed by atoms with E-state index < -0.39 is 0 Å². The van der Waals surface area contributed by atoms with Crippen LogP contribution in [0.3, 0.4) is 0 Å². The summed E-state index contributed by atoms with van der Waals surface area (Å²) >= 11 is 3.37. The van der Waals surface area contributed by atoms with Crippen LogP contribution in [0.25, 0.3) is 0 Å². The number of halogens is 2. The molecule has 0 radical (unpaired) electrons. The van der Waals surface area contributed by atoms with Crippen molar-refractivity contribution >= 4 is 15.9 Å². The number of allylic oxidation sites excluding steroid dienone is 1. The fraction of sp³-hybridized carbons (Fsp3) is 0.467. The Morgan fingerprint density at radius 2 is 2.21 bits per heavy atom. The number of ether oxygens (including phenoxy) is 1. The van der Waals surface area contributed by atoms with Gasteiger partial charge in [-0.15, -0.1) is 0 Å². The Morgan fingerprint density at radius 1 is 1.42 bits per heavy atom. The third-order valence-electron chi connectivity index (χ3n) is 2.77. The second kappa shape index (κ2) is 9.23. The molecule has 0 saturated heterocycles. The van der Waals surface area contributed by atoms with E-state index in [2.05, 4.69) is 27.3 Å². The Labute approximate surface area is 123 Å². The number of rotatable bonds is 8. The zero-order valence-electron chi connectivity index (χ0n) is 11.5. The van der Waals surface area contributed by atoms with Crippen molar-refractivity contribution in [1.82, 2.24) is 5.32 Å². The van der Waals surface area contributed by atoms with Gasteiger partial charge in [-0.25, -0.2) is 4.39 Å². The van der Waals surface area contributed by atoms with Crippen LogP contribution < -0.4 is 5.32 Å². The van der Waals surface area contributed by atoms with Crippen molar-refractivity contribution in [2.24, 2.45) is 0 Å². The van der Waals surface area contributed by atoms with Gasteiger partial charge in [0.05, 0.1) is 6.61 Å². The van der Waals surface area contributed by atoms with Crippen LogP contribution in [0, 0.1) is 5.82 Å². The minimum absolute atomic E-state index is 0.144. The summed E-state index contributed by atoms with van der Waals surface area (Å²) in [4.78, 5) is 0. The van der Waals surface area contributed by atoms with Crippen molar-refractivity contribution in [2.75, 3.05) is 26.8 Å². The molecule has 0 atom stereocenters. The van der Waals surface area contributed by atoms with Gasteiger partial charge >= 0.3 is 0 Å². The van der Waals surface area contributed by atoms with Crippen molar-refractivity contribution in [2.45, 2.75) is 19.8 Å². The molecule has 0 aliphatic heterocycles. The molecule has 2 nitrogen and oxygen atoms in total. The van der Waals surface area contributed by atoms with E-state index in [0.717, 1.165) is 36.2 Å². The summed E-state index contributed by atoms with van der Waals surface area (Å²) in [5.74, 6) is -0.144. The van der Waals surface area contributed by atoms with Crippen LogP contribution in [-0.2, 0) is 11.2 Å². The fourth-order valence-corrected chi connectivity index (χ4v) is 2.18. The molecule has 0 heterocycles. The summed E-state index contributed by atoms with van der Waals surface area (Å²) in [7, 11) is 1.69. The van der Waals surface area contributed by atoms with Crippen molar-refractivity contribution in [3.63, 3.8) is 0 Å². The number of methoxy groups -OCH3 is 1. The van der Waals surface area contributed by atoms with Gasteiger partial charge in [0.25, 0.3) is 0 Å². The zero-order valence-corrected chi connectivity index (χ0v) is 13.1. The minimum atomic E-state index is -0.144. The van der Waals surface area contributed by atoms with Crippen molar-refractivity contribution in [3.8, 4) is 0 Å². The summed E-state index contributed by atoms with van der Waals surface area (Å²) < 4.78 is 19.4. The van der Waals surface area contributed by atoms with E-state index in [1.807, 2.05) is 13.0 Å². The lowest BCUT2D eigenvalue weighted by Gasteiger charge is -2.05. The van der Waals surface area contributed by atoms with Gasteiger partial charge in [-0.2, -0.15) is 0 Å². The molecule has 1 rings (SSSR count). The monoisotopic (exact) mass is 329 g/mol. The molecule has 0 fully saturated rings. The molecular formula is C15H21BrFNO. The van der Waals surface area contributed by atoms with Crippen molar-refractivity contribution < 1.29 is 9.13 Å². The lowest BCUT2D eigenvalue weighted by molar-refractivity contribution is 0.199. The first kappa shape index (κ1) is 16.3. The van der Waals surface area contributed by atoms with Crippen LogP contribution in [0.2, 0.25) is 0 Å². The first-order valence-corrected chi connectivity index (χ1v) is 7.22. The molecule has 0 amide bonds. The van der Waals surface area contributed by atoms with E-state index in [-0.39, 0.29) is 5.82 Å². The highest BCUT2D eigenvalue weighted by Crippen LogP contribution is 2.18. The summed E-state index contributed by atoms with van der Waals surface area (Å²) in [6.07, 6.45) is 3.76. The van der Waals surface area contributed by atoms with E-state index in [9.17, 15) is 4.39 Å². The van der Waals surface area contributed by atoms with Crippen LogP contribution >= 0.6 is 15.9 Å². The summed E-state index contributed by atoms with van der Waals surface area (Å²) in [6.45, 7) is 4.55. The summed E-state index contributed by atoms with van der Waals surface area (Å²) in [6, 6.07) is 5.06. The third-order valence-corrected chi connectivity index (χ3v) is 3.27. The summed E-state index contributed by atoms with van der Waals surface area (Å²) in [5, 5.41) is 3.27. The highest BCUT2D eigenvalue weighted by atomic mass is 79.9. The smallest absolute Gasteiger partial charge is 0.126 e. The highest BCUT2D eigenvalue weighted by molar-refractivity contribution is 9.10. The predicted molar refractivity (Wildman–Crippen MR) is 80.9 cm³/mol. The van der Waals surface area contributed by atoms with Gasteiger partial charge in [-0.1, -0.05) is 27.6 Å². The maximum absolute atomic E-state index is 13.6. The molecule has 0 spiro atoms. The van der Waals surface area contributed by atoms with E-state index in [4.69, 9.17) is 4.74 Å². The maximum Gasteiger partial charge on any atom is 0.126 e. The van der Waals surface area contributed by atoms with Gasteiger partial charge in [0, 0.05) is 18.1 Å². The van der Waals surface area contributed by atoms with Crippen molar-refractivity contribution in [3.05, 3.63) is 45.7 Å². The number of hydrogen-bond acceptors (Lipinski definition) is 2. The molecule has 0 saturated carbocycles. The molecule has 0 aliphatic rings. The average molecular weight is 330 g/mol. The van der Waals surface area contributed by atoms with Gasteiger partial charge in [0.2, 0.25) is 0 Å². The van der Waals surface area contributed by atoms with Crippen LogP contribution in [0.5, 0.6) is 0 Å². The largest absolute Gasteiger partial charge is 0.383 e. The van der Waals surface area contributed by atoms with Gasteiger partial charge in [0.15, 0.2) is 0 Å². The quantitative estimate of drug-likeness (QED) is 0.580. The molecule has 1 N–H and O–H groups in total. The number of hydrogen-bond donors (Lipinski definition) is 1. The standard InChI is InChI=1S/C15H21BrFNO/c1-12(4-3-7-18-8-9-19-2)10-13-11-14(16)5-6-15(13)17/h4-6,11,18H,3,7-10H2,1-2H3. The van der Waals surface area contributed by atoms with E-state index >= 15 is 0 Å². The molecule has 1 aromatic carbocycles. The second-order valence-electron chi connectivity index (χ2n) is 4.49. The summed E-state index contributed by atoms with van der Waals surface area (Å²) in [5.41, 5.74) is 1.92. The normalized spacial score (nSPS) is 11.9. The Bertz CT molecular complexity index is 421. The van der Waals surface area contributed by atoms with Gasteiger partial charge in [0.1, 0.15) is 5.82 Å². The average Bonchev–Trinajstić information content (AvgIpc) is 2.38. The van der Waals surface area contributed by atoms with Gasteiger partial charge < -0.3 is 10.1 Å². The zero-order chi connectivity index (χ0) is 14.1. The van der Waals surface area contributed by atoms with Crippen molar-refractivity contribution in [1.29, 1.82) is 0 Å². The highest BCUT2D eigenvalue weighted by Gasteiger charge is 2.03. The van der Waals surface area contributed by atoms with Crippen LogP contribution in [0.15, 0.2) is 34.3 Å². The lowest BCUT2D eigenvalue weighted by atomic mass is 10.1. The fourth-order valence-electron chi connectivity index (χ4n) is 1.77. The van der Waals surface area contributed by atoms with Gasteiger partial charge in [-0.3, -0.25) is 0 Å². The Kier molecular flexibility index (Phi) is 7.94. The topological polar surface area (TPSA) is 21.3 Å². The molecule has 0 unspecified atom stereocenters. The third kappa shape index (κ3) is 6.85. The number of benzene rings is 1. The molecular weight excluding hydrogens is 309 g/mol. The van der Waals surface area contributed by atoms with E-state index in [1.54, 1.807) is 13.2 Å². The first-order valence-electron chi connectivity index (χ1n) is 6.42. The van der Waals surface area contributed by atoms with Gasteiger partial charge in [-0.05, 0) is 50.1 Å². The molecule has 0 bridgehead atoms. The SMILES string of the molecule is COCCNCCC=C(C)Cc1cc(Br)ccc1F. The molecule has 4 heteroatoms. The van der Waals surface area contributed by atoms with Crippen LogP contribution in [-0.4, -0.2) is 26.8 Å². The lowest BCUT2D eigenvalue weighted by Crippen LogP contribution is -2.19.